The van der Waals surface area contributed by atoms with Gasteiger partial charge in [-0.1, -0.05) is 31.4 Å². The van der Waals surface area contributed by atoms with Crippen molar-refractivity contribution in [3.05, 3.63) is 48.3 Å². The van der Waals surface area contributed by atoms with Gasteiger partial charge < -0.3 is 0 Å². The molecule has 0 atom stereocenters. The molecule has 2 heterocycles. The highest BCUT2D eigenvalue weighted by Gasteiger charge is 2.47. The molecule has 1 saturated carbocycles. The van der Waals surface area contributed by atoms with Crippen molar-refractivity contribution in [2.24, 2.45) is 0 Å². The number of carbonyl (C=O) groups excluding carboxylic acids is 3. The van der Waals surface area contributed by atoms with Crippen LogP contribution in [0.4, 0.5) is 4.79 Å². The van der Waals surface area contributed by atoms with Gasteiger partial charge in [0, 0.05) is 18.4 Å². The van der Waals surface area contributed by atoms with Crippen LogP contribution in [0.3, 0.4) is 0 Å². The minimum absolute atomic E-state index is 0.103. The predicted octanol–water partition coefficient (Wildman–Crippen LogP) is 2.50. The molecule has 2 aromatic rings. The van der Waals surface area contributed by atoms with E-state index in [2.05, 4.69) is 5.10 Å². The Balaban J connectivity index is 1.50. The Morgan fingerprint density at radius 1 is 0.962 bits per heavy atom. The van der Waals surface area contributed by atoms with Gasteiger partial charge in [-0.15, -0.1) is 0 Å². The molecule has 4 amide bonds. The van der Waals surface area contributed by atoms with Gasteiger partial charge in [0.05, 0.1) is 12.2 Å². The summed E-state index contributed by atoms with van der Waals surface area (Å²) in [6, 6.07) is 8.63. The summed E-state index contributed by atoms with van der Waals surface area (Å²) in [5, 5.41) is 4.16. The Hall–Kier alpha value is -2.96. The fraction of sp³-hybridized carbons (Fsp3) is 0.368. The average Bonchev–Trinajstić information content (AvgIpc) is 3.27. The van der Waals surface area contributed by atoms with Crippen LogP contribution < -0.4 is 0 Å². The molecular formula is C19H20N4O3. The van der Waals surface area contributed by atoms with E-state index in [9.17, 15) is 14.4 Å². The lowest BCUT2D eigenvalue weighted by molar-refractivity contribution is -0.144. The average molecular weight is 352 g/mol. The molecule has 0 bridgehead atoms. The molecule has 0 radical (unpaired) electrons. The second-order valence-corrected chi connectivity index (χ2v) is 6.76. The molecule has 1 aromatic carbocycles. The van der Waals surface area contributed by atoms with Crippen LogP contribution in [0.5, 0.6) is 0 Å². The molecule has 2 fully saturated rings. The number of nitrogens with zero attached hydrogens (tertiary/aromatic N) is 4. The van der Waals surface area contributed by atoms with Crippen LogP contribution in [0.25, 0.3) is 5.69 Å². The summed E-state index contributed by atoms with van der Waals surface area (Å²) in [6.45, 7) is 0.103. The fourth-order valence-corrected chi connectivity index (χ4v) is 3.68. The maximum atomic E-state index is 12.7. The molecule has 4 rings (SSSR count). The van der Waals surface area contributed by atoms with E-state index in [1.165, 1.54) is 4.90 Å². The molecule has 2 aliphatic rings. The molecule has 0 unspecified atom stereocenters. The molecule has 0 N–H and O–H groups in total. The van der Waals surface area contributed by atoms with Crippen LogP contribution in [0.1, 0.15) is 37.7 Å². The number of aromatic nitrogens is 2. The number of rotatable bonds is 4. The molecule has 1 aliphatic heterocycles. The van der Waals surface area contributed by atoms with Gasteiger partial charge in [-0.2, -0.15) is 5.10 Å². The van der Waals surface area contributed by atoms with Crippen LogP contribution in [0, 0.1) is 0 Å². The standard InChI is InChI=1S/C19H20N4O3/c24-17-18(25)23(16-5-2-1-3-6-16)19(26)21(17)13-14-7-9-15(10-8-14)22-12-4-11-20-22/h4,7-12,16H,1-3,5-6,13H2. The van der Waals surface area contributed by atoms with Crippen molar-refractivity contribution < 1.29 is 14.4 Å². The second-order valence-electron chi connectivity index (χ2n) is 6.76. The number of amides is 4. The molecule has 7 nitrogen and oxygen atoms in total. The zero-order chi connectivity index (χ0) is 18.1. The lowest BCUT2D eigenvalue weighted by Gasteiger charge is -2.28. The minimum atomic E-state index is -0.725. The zero-order valence-electron chi connectivity index (χ0n) is 14.4. The fourth-order valence-electron chi connectivity index (χ4n) is 3.68. The van der Waals surface area contributed by atoms with E-state index < -0.39 is 17.8 Å². The van der Waals surface area contributed by atoms with Gasteiger partial charge in [0.1, 0.15) is 0 Å². The van der Waals surface area contributed by atoms with Gasteiger partial charge in [0.2, 0.25) is 0 Å². The maximum Gasteiger partial charge on any atom is 0.334 e. The predicted molar refractivity (Wildman–Crippen MR) is 93.2 cm³/mol. The number of carbonyl (C=O) groups is 3. The molecule has 7 heteroatoms. The van der Waals surface area contributed by atoms with Crippen molar-refractivity contribution in [2.75, 3.05) is 0 Å². The monoisotopic (exact) mass is 352 g/mol. The number of benzene rings is 1. The first kappa shape index (κ1) is 16.5. The van der Waals surface area contributed by atoms with Crippen molar-refractivity contribution in [1.29, 1.82) is 0 Å². The Morgan fingerprint density at radius 3 is 2.35 bits per heavy atom. The zero-order valence-corrected chi connectivity index (χ0v) is 14.4. The molecule has 1 aromatic heterocycles. The van der Waals surface area contributed by atoms with Crippen LogP contribution in [-0.2, 0) is 16.1 Å². The maximum absolute atomic E-state index is 12.7. The Kier molecular flexibility index (Phi) is 4.28. The summed E-state index contributed by atoms with van der Waals surface area (Å²) >= 11 is 0. The van der Waals surface area contributed by atoms with Gasteiger partial charge in [-0.05, 0) is 36.6 Å². The van der Waals surface area contributed by atoms with E-state index in [4.69, 9.17) is 0 Å². The molecule has 1 aliphatic carbocycles. The van der Waals surface area contributed by atoms with Gasteiger partial charge in [-0.3, -0.25) is 19.4 Å². The lowest BCUT2D eigenvalue weighted by Crippen LogP contribution is -2.42. The third kappa shape index (κ3) is 2.89. The lowest BCUT2D eigenvalue weighted by atomic mass is 9.94. The van der Waals surface area contributed by atoms with E-state index in [-0.39, 0.29) is 12.6 Å². The van der Waals surface area contributed by atoms with Crippen molar-refractivity contribution >= 4 is 17.8 Å². The third-order valence-corrected chi connectivity index (χ3v) is 5.07. The summed E-state index contributed by atoms with van der Waals surface area (Å²) in [5.74, 6) is -1.41. The van der Waals surface area contributed by atoms with E-state index in [1.54, 1.807) is 10.9 Å². The molecule has 1 saturated heterocycles. The summed E-state index contributed by atoms with van der Waals surface area (Å²) in [5.41, 5.74) is 1.68. The van der Waals surface area contributed by atoms with Gasteiger partial charge in [0.15, 0.2) is 0 Å². The molecule has 134 valence electrons. The first-order valence-electron chi connectivity index (χ1n) is 8.93. The number of hydrogen-bond donors (Lipinski definition) is 0. The molecule has 26 heavy (non-hydrogen) atoms. The van der Waals surface area contributed by atoms with Crippen molar-refractivity contribution in [1.82, 2.24) is 19.6 Å². The number of hydrogen-bond acceptors (Lipinski definition) is 4. The first-order chi connectivity index (χ1) is 12.6. The van der Waals surface area contributed by atoms with Crippen LogP contribution in [0.2, 0.25) is 0 Å². The SMILES string of the molecule is O=C1C(=O)N(C2CCCCC2)C(=O)N1Cc1ccc(-n2cccn2)cc1. The van der Waals surface area contributed by atoms with E-state index in [0.29, 0.717) is 0 Å². The van der Waals surface area contributed by atoms with Crippen LogP contribution in [0.15, 0.2) is 42.7 Å². The van der Waals surface area contributed by atoms with Gasteiger partial charge in [-0.25, -0.2) is 9.48 Å². The summed E-state index contributed by atoms with van der Waals surface area (Å²) in [7, 11) is 0. The normalized spacial score (nSPS) is 18.8. The van der Waals surface area contributed by atoms with Gasteiger partial charge >= 0.3 is 17.8 Å². The Bertz CT molecular complexity index is 823. The third-order valence-electron chi connectivity index (χ3n) is 5.07. The number of urea groups is 1. The Morgan fingerprint density at radius 2 is 1.69 bits per heavy atom. The van der Waals surface area contributed by atoms with Crippen molar-refractivity contribution in [3.8, 4) is 5.69 Å². The summed E-state index contributed by atoms with van der Waals surface area (Å²) in [6.07, 6.45) is 8.21. The van der Waals surface area contributed by atoms with E-state index in [0.717, 1.165) is 48.3 Å². The van der Waals surface area contributed by atoms with Crippen molar-refractivity contribution in [3.63, 3.8) is 0 Å². The smallest absolute Gasteiger partial charge is 0.263 e. The first-order valence-corrected chi connectivity index (χ1v) is 8.93. The second kappa shape index (κ2) is 6.74. The van der Waals surface area contributed by atoms with Crippen LogP contribution >= 0.6 is 0 Å². The topological polar surface area (TPSA) is 75.5 Å². The largest absolute Gasteiger partial charge is 0.334 e. The highest BCUT2D eigenvalue weighted by Crippen LogP contribution is 2.27. The Labute approximate surface area is 151 Å². The van der Waals surface area contributed by atoms with Crippen LogP contribution in [-0.4, -0.2) is 43.5 Å². The number of imide groups is 2. The molecular weight excluding hydrogens is 332 g/mol. The molecule has 0 spiro atoms. The minimum Gasteiger partial charge on any atom is -0.263 e. The van der Waals surface area contributed by atoms with E-state index >= 15 is 0 Å². The van der Waals surface area contributed by atoms with E-state index in [1.807, 2.05) is 36.5 Å². The highest BCUT2D eigenvalue weighted by molar-refractivity contribution is 6.44. The summed E-state index contributed by atoms with van der Waals surface area (Å²) in [4.78, 5) is 39.6. The quantitative estimate of drug-likeness (QED) is 0.626. The van der Waals surface area contributed by atoms with Crippen molar-refractivity contribution in [2.45, 2.75) is 44.7 Å². The van der Waals surface area contributed by atoms with Gasteiger partial charge in [0.25, 0.3) is 0 Å². The highest BCUT2D eigenvalue weighted by atomic mass is 16.2. The summed E-state index contributed by atoms with van der Waals surface area (Å²) < 4.78 is 1.73.